The minimum Gasteiger partial charge on any atom is -0.348 e. The molecule has 1 fully saturated rings. The van der Waals surface area contributed by atoms with Crippen LogP contribution in [0.2, 0.25) is 0 Å². The number of alkyl halides is 3. The minimum atomic E-state index is -4.21. The molecule has 1 N–H and O–H groups in total. The van der Waals surface area contributed by atoms with Crippen molar-refractivity contribution in [1.82, 2.24) is 10.3 Å². The van der Waals surface area contributed by atoms with E-state index in [-0.39, 0.29) is 6.54 Å². The van der Waals surface area contributed by atoms with E-state index in [0.29, 0.717) is 18.4 Å². The smallest absolute Gasteiger partial charge is 0.348 e. The fourth-order valence-corrected chi connectivity index (χ4v) is 1.95. The highest BCUT2D eigenvalue weighted by Gasteiger charge is 2.31. The van der Waals surface area contributed by atoms with E-state index in [4.69, 9.17) is 0 Å². The van der Waals surface area contributed by atoms with Crippen molar-refractivity contribution in [3.63, 3.8) is 0 Å². The number of halogens is 3. The quantitative estimate of drug-likeness (QED) is 0.863. The molecule has 0 radical (unpaired) electrons. The second kappa shape index (κ2) is 5.77. The van der Waals surface area contributed by atoms with Crippen molar-refractivity contribution < 1.29 is 13.2 Å². The number of aromatic nitrogens is 1. The van der Waals surface area contributed by atoms with Crippen LogP contribution in [-0.4, -0.2) is 30.3 Å². The third kappa shape index (κ3) is 4.38. The molecular weight excluding hydrogens is 255 g/mol. The average Bonchev–Trinajstić information content (AvgIpc) is 3.17. The van der Waals surface area contributed by atoms with E-state index in [1.807, 2.05) is 6.07 Å². The van der Waals surface area contributed by atoms with Crippen LogP contribution < -0.4 is 10.2 Å². The highest BCUT2D eigenvalue weighted by atomic mass is 19.4. The number of rotatable bonds is 6. The Labute approximate surface area is 110 Å². The van der Waals surface area contributed by atoms with Gasteiger partial charge in [-0.05, 0) is 25.8 Å². The van der Waals surface area contributed by atoms with Crippen LogP contribution in [-0.2, 0) is 6.54 Å². The highest BCUT2D eigenvalue weighted by molar-refractivity contribution is 5.46. The highest BCUT2D eigenvalue weighted by Crippen LogP contribution is 2.24. The largest absolute Gasteiger partial charge is 0.405 e. The standard InChI is InChI=1S/C13H18F3N3/c1-2-19(9-13(14,15)16)12-10(4-3-7-17-12)8-18-11-5-6-11/h3-4,7,11,18H,2,5-6,8-9H2,1H3. The molecule has 0 unspecified atom stereocenters. The predicted octanol–water partition coefficient (Wildman–Crippen LogP) is 2.72. The van der Waals surface area contributed by atoms with Gasteiger partial charge in [-0.3, -0.25) is 0 Å². The lowest BCUT2D eigenvalue weighted by molar-refractivity contribution is -0.119. The first-order chi connectivity index (χ1) is 8.99. The Morgan fingerprint density at radius 2 is 2.16 bits per heavy atom. The molecule has 0 aliphatic heterocycles. The van der Waals surface area contributed by atoms with Gasteiger partial charge in [-0.1, -0.05) is 6.07 Å². The number of anilines is 1. The molecule has 0 atom stereocenters. The molecule has 19 heavy (non-hydrogen) atoms. The first-order valence-corrected chi connectivity index (χ1v) is 6.48. The zero-order chi connectivity index (χ0) is 13.9. The van der Waals surface area contributed by atoms with Crippen LogP contribution in [0.15, 0.2) is 18.3 Å². The van der Waals surface area contributed by atoms with E-state index in [1.165, 1.54) is 11.1 Å². The molecule has 1 heterocycles. The zero-order valence-electron chi connectivity index (χ0n) is 10.9. The zero-order valence-corrected chi connectivity index (χ0v) is 10.9. The van der Waals surface area contributed by atoms with Crippen LogP contribution in [0.4, 0.5) is 19.0 Å². The summed E-state index contributed by atoms with van der Waals surface area (Å²) in [7, 11) is 0. The molecule has 0 saturated heterocycles. The van der Waals surface area contributed by atoms with Crippen molar-refractivity contribution >= 4 is 5.82 Å². The van der Waals surface area contributed by atoms with Gasteiger partial charge in [-0.25, -0.2) is 4.98 Å². The van der Waals surface area contributed by atoms with Crippen LogP contribution in [0.1, 0.15) is 25.3 Å². The van der Waals surface area contributed by atoms with Gasteiger partial charge in [-0.15, -0.1) is 0 Å². The van der Waals surface area contributed by atoms with Crippen LogP contribution in [0.3, 0.4) is 0 Å². The van der Waals surface area contributed by atoms with E-state index in [2.05, 4.69) is 10.3 Å². The summed E-state index contributed by atoms with van der Waals surface area (Å²) in [4.78, 5) is 5.39. The normalized spacial score (nSPS) is 15.6. The molecule has 1 aromatic heterocycles. The Hall–Kier alpha value is -1.30. The molecular formula is C13H18F3N3. The number of nitrogens with one attached hydrogen (secondary N) is 1. The Morgan fingerprint density at radius 1 is 1.42 bits per heavy atom. The summed E-state index contributed by atoms with van der Waals surface area (Å²) in [5.74, 6) is 0.426. The van der Waals surface area contributed by atoms with E-state index in [9.17, 15) is 13.2 Å². The Morgan fingerprint density at radius 3 is 2.74 bits per heavy atom. The molecule has 0 bridgehead atoms. The van der Waals surface area contributed by atoms with Gasteiger partial charge in [0.05, 0.1) is 0 Å². The first-order valence-electron chi connectivity index (χ1n) is 6.48. The van der Waals surface area contributed by atoms with Crippen LogP contribution in [0, 0.1) is 0 Å². The van der Waals surface area contributed by atoms with Gasteiger partial charge in [0.15, 0.2) is 0 Å². The fraction of sp³-hybridized carbons (Fsp3) is 0.615. The molecule has 1 saturated carbocycles. The van der Waals surface area contributed by atoms with Gasteiger partial charge in [0.2, 0.25) is 0 Å². The van der Waals surface area contributed by atoms with E-state index >= 15 is 0 Å². The molecule has 0 spiro atoms. The summed E-state index contributed by atoms with van der Waals surface area (Å²) in [5, 5.41) is 3.31. The Bertz CT molecular complexity index is 416. The third-order valence-corrected chi connectivity index (χ3v) is 3.08. The molecule has 1 aliphatic carbocycles. The summed E-state index contributed by atoms with van der Waals surface area (Å²) >= 11 is 0. The maximum Gasteiger partial charge on any atom is 0.405 e. The van der Waals surface area contributed by atoms with Crippen molar-refractivity contribution in [2.45, 2.75) is 38.5 Å². The van der Waals surface area contributed by atoms with Crippen LogP contribution >= 0.6 is 0 Å². The van der Waals surface area contributed by atoms with Gasteiger partial charge in [0.1, 0.15) is 12.4 Å². The Balaban J connectivity index is 2.10. The second-order valence-electron chi connectivity index (χ2n) is 4.77. The number of hydrogen-bond acceptors (Lipinski definition) is 3. The van der Waals surface area contributed by atoms with Crippen LogP contribution in [0.25, 0.3) is 0 Å². The van der Waals surface area contributed by atoms with Crippen molar-refractivity contribution in [2.75, 3.05) is 18.0 Å². The maximum atomic E-state index is 12.5. The molecule has 3 nitrogen and oxygen atoms in total. The first kappa shape index (κ1) is 14.1. The number of nitrogens with zero attached hydrogens (tertiary/aromatic N) is 2. The third-order valence-electron chi connectivity index (χ3n) is 3.08. The number of pyridine rings is 1. The van der Waals surface area contributed by atoms with Crippen molar-refractivity contribution in [3.8, 4) is 0 Å². The lowest BCUT2D eigenvalue weighted by atomic mass is 10.2. The lowest BCUT2D eigenvalue weighted by Gasteiger charge is -2.25. The molecule has 6 heteroatoms. The average molecular weight is 273 g/mol. The monoisotopic (exact) mass is 273 g/mol. The summed E-state index contributed by atoms with van der Waals surface area (Å²) < 4.78 is 37.6. The molecule has 1 aromatic rings. The molecule has 106 valence electrons. The van der Waals surface area contributed by atoms with Gasteiger partial charge in [-0.2, -0.15) is 13.2 Å². The van der Waals surface area contributed by atoms with E-state index in [0.717, 1.165) is 18.4 Å². The lowest BCUT2D eigenvalue weighted by Crippen LogP contribution is -2.35. The van der Waals surface area contributed by atoms with Gasteiger partial charge < -0.3 is 10.2 Å². The SMILES string of the molecule is CCN(CC(F)(F)F)c1ncccc1CNC1CC1. The van der Waals surface area contributed by atoms with E-state index in [1.54, 1.807) is 13.0 Å². The summed E-state index contributed by atoms with van der Waals surface area (Å²) in [6.07, 6.45) is -0.380. The predicted molar refractivity (Wildman–Crippen MR) is 68.0 cm³/mol. The molecule has 0 aromatic carbocycles. The maximum absolute atomic E-state index is 12.5. The van der Waals surface area contributed by atoms with Gasteiger partial charge >= 0.3 is 6.18 Å². The molecule has 2 rings (SSSR count). The summed E-state index contributed by atoms with van der Waals surface area (Å²) in [5.41, 5.74) is 0.820. The van der Waals surface area contributed by atoms with Gasteiger partial charge in [0.25, 0.3) is 0 Å². The summed E-state index contributed by atoms with van der Waals surface area (Å²) in [6.45, 7) is 1.60. The van der Waals surface area contributed by atoms with Crippen molar-refractivity contribution in [2.24, 2.45) is 0 Å². The second-order valence-corrected chi connectivity index (χ2v) is 4.77. The Kier molecular flexibility index (Phi) is 4.29. The topological polar surface area (TPSA) is 28.2 Å². The van der Waals surface area contributed by atoms with Crippen molar-refractivity contribution in [1.29, 1.82) is 0 Å². The van der Waals surface area contributed by atoms with E-state index < -0.39 is 12.7 Å². The summed E-state index contributed by atoms with van der Waals surface area (Å²) in [6, 6.07) is 4.11. The van der Waals surface area contributed by atoms with Crippen LogP contribution in [0.5, 0.6) is 0 Å². The fourth-order valence-electron chi connectivity index (χ4n) is 1.95. The molecule has 0 amide bonds. The minimum absolute atomic E-state index is 0.285. The van der Waals surface area contributed by atoms with Gasteiger partial charge in [0, 0.05) is 30.9 Å². The van der Waals surface area contributed by atoms with Crippen molar-refractivity contribution in [3.05, 3.63) is 23.9 Å². The molecule has 1 aliphatic rings. The number of hydrogen-bond donors (Lipinski definition) is 1.